The fourth-order valence-electron chi connectivity index (χ4n) is 2.55. The summed E-state index contributed by atoms with van der Waals surface area (Å²) in [5.41, 5.74) is 1.43. The first-order valence-electron chi connectivity index (χ1n) is 8.32. The Labute approximate surface area is 146 Å². The van der Waals surface area contributed by atoms with Crippen LogP contribution in [0, 0.1) is 0 Å². The minimum Gasteiger partial charge on any atom is -0.379 e. The molecule has 2 aromatic rings. The molecular weight excluding hydrogens is 320 g/mol. The Hall–Kier alpha value is -2.58. The van der Waals surface area contributed by atoms with Gasteiger partial charge in [-0.2, -0.15) is 10.1 Å². The van der Waals surface area contributed by atoms with E-state index < -0.39 is 0 Å². The third kappa shape index (κ3) is 5.20. The molecule has 0 bridgehead atoms. The molecular formula is C17H22N6O2. The van der Waals surface area contributed by atoms with Crippen molar-refractivity contribution in [2.45, 2.75) is 6.92 Å². The van der Waals surface area contributed by atoms with E-state index in [9.17, 15) is 4.79 Å². The summed E-state index contributed by atoms with van der Waals surface area (Å²) in [6.07, 6.45) is 1.55. The van der Waals surface area contributed by atoms with Crippen LogP contribution in [0.3, 0.4) is 0 Å². The number of hydrogen-bond donors (Lipinski definition) is 2. The van der Waals surface area contributed by atoms with E-state index in [0.29, 0.717) is 17.3 Å². The average molecular weight is 342 g/mol. The van der Waals surface area contributed by atoms with Gasteiger partial charge in [0, 0.05) is 37.4 Å². The summed E-state index contributed by atoms with van der Waals surface area (Å²) in [5, 5.41) is 14.3. The molecule has 1 fully saturated rings. The maximum atomic E-state index is 11.5. The zero-order valence-corrected chi connectivity index (χ0v) is 14.2. The van der Waals surface area contributed by atoms with E-state index in [1.807, 2.05) is 12.1 Å². The molecule has 0 atom stereocenters. The number of benzene rings is 1. The van der Waals surface area contributed by atoms with Crippen LogP contribution in [0.15, 0.2) is 30.5 Å². The molecule has 8 heteroatoms. The van der Waals surface area contributed by atoms with Gasteiger partial charge in [-0.1, -0.05) is 12.1 Å². The smallest absolute Gasteiger partial charge is 0.244 e. The van der Waals surface area contributed by atoms with Gasteiger partial charge in [0.05, 0.1) is 19.4 Å². The lowest BCUT2D eigenvalue weighted by molar-refractivity contribution is 0.0398. The normalized spacial score (nSPS) is 14.9. The number of Topliss-reactive ketones (excluding diaryl/α,β-unsaturated/α-hetero) is 1. The van der Waals surface area contributed by atoms with Gasteiger partial charge in [-0.25, -0.2) is 0 Å². The van der Waals surface area contributed by atoms with Crippen molar-refractivity contribution in [3.05, 3.63) is 36.0 Å². The molecule has 0 saturated carbocycles. The summed E-state index contributed by atoms with van der Waals surface area (Å²) in [7, 11) is 0. The second-order valence-electron chi connectivity index (χ2n) is 5.81. The SMILES string of the molecule is CC(=O)c1cccc(Nc2cnnc(NCCN3CCOCC3)n2)c1. The average Bonchev–Trinajstić information content (AvgIpc) is 2.63. The summed E-state index contributed by atoms with van der Waals surface area (Å²) >= 11 is 0. The molecule has 0 amide bonds. The van der Waals surface area contributed by atoms with E-state index in [0.717, 1.165) is 45.1 Å². The number of carbonyl (C=O) groups is 1. The van der Waals surface area contributed by atoms with Crippen molar-refractivity contribution in [3.63, 3.8) is 0 Å². The molecule has 1 saturated heterocycles. The number of nitrogens with zero attached hydrogens (tertiary/aromatic N) is 4. The molecule has 1 aromatic heterocycles. The Morgan fingerprint density at radius 2 is 2.16 bits per heavy atom. The quantitative estimate of drug-likeness (QED) is 0.733. The molecule has 25 heavy (non-hydrogen) atoms. The Bertz CT molecular complexity index is 718. The van der Waals surface area contributed by atoms with Crippen LogP contribution in [0.1, 0.15) is 17.3 Å². The van der Waals surface area contributed by atoms with Crippen LogP contribution in [0.5, 0.6) is 0 Å². The number of morpholine rings is 1. The zero-order valence-electron chi connectivity index (χ0n) is 14.2. The number of nitrogens with one attached hydrogen (secondary N) is 2. The highest BCUT2D eigenvalue weighted by atomic mass is 16.5. The Morgan fingerprint density at radius 1 is 1.32 bits per heavy atom. The van der Waals surface area contributed by atoms with Crippen LogP contribution in [0.25, 0.3) is 0 Å². The molecule has 2 N–H and O–H groups in total. The summed E-state index contributed by atoms with van der Waals surface area (Å²) in [6, 6.07) is 7.27. The van der Waals surface area contributed by atoms with E-state index >= 15 is 0 Å². The van der Waals surface area contributed by atoms with E-state index in [2.05, 4.69) is 30.7 Å². The lowest BCUT2D eigenvalue weighted by Crippen LogP contribution is -2.39. The summed E-state index contributed by atoms with van der Waals surface area (Å²) < 4.78 is 5.33. The molecule has 1 aliphatic rings. The Balaban J connectivity index is 1.55. The maximum absolute atomic E-state index is 11.5. The number of carbonyl (C=O) groups excluding carboxylic acids is 1. The second-order valence-corrected chi connectivity index (χ2v) is 5.81. The van der Waals surface area contributed by atoms with Gasteiger partial charge in [-0.3, -0.25) is 9.69 Å². The highest BCUT2D eigenvalue weighted by Gasteiger charge is 2.10. The lowest BCUT2D eigenvalue weighted by Gasteiger charge is -2.26. The van der Waals surface area contributed by atoms with Crippen molar-refractivity contribution < 1.29 is 9.53 Å². The lowest BCUT2D eigenvalue weighted by atomic mass is 10.1. The topological polar surface area (TPSA) is 92.3 Å². The van der Waals surface area contributed by atoms with Crippen LogP contribution in [-0.2, 0) is 4.74 Å². The highest BCUT2D eigenvalue weighted by molar-refractivity contribution is 5.95. The first kappa shape index (κ1) is 17.2. The van der Waals surface area contributed by atoms with Gasteiger partial charge in [0.15, 0.2) is 11.6 Å². The molecule has 0 spiro atoms. The molecule has 8 nitrogen and oxygen atoms in total. The minimum atomic E-state index is 0.0231. The minimum absolute atomic E-state index is 0.0231. The van der Waals surface area contributed by atoms with Crippen molar-refractivity contribution >= 4 is 23.2 Å². The number of ether oxygens (including phenoxy) is 1. The van der Waals surface area contributed by atoms with Gasteiger partial charge in [0.1, 0.15) is 0 Å². The maximum Gasteiger partial charge on any atom is 0.244 e. The molecule has 0 unspecified atom stereocenters. The van der Waals surface area contributed by atoms with Crippen molar-refractivity contribution in [3.8, 4) is 0 Å². The van der Waals surface area contributed by atoms with E-state index in [1.54, 1.807) is 25.3 Å². The van der Waals surface area contributed by atoms with E-state index in [1.165, 1.54) is 0 Å². The third-order valence-corrected chi connectivity index (χ3v) is 3.92. The van der Waals surface area contributed by atoms with E-state index in [4.69, 9.17) is 4.74 Å². The van der Waals surface area contributed by atoms with Crippen molar-refractivity contribution in [1.29, 1.82) is 0 Å². The largest absolute Gasteiger partial charge is 0.379 e. The molecule has 0 radical (unpaired) electrons. The number of aromatic nitrogens is 3. The number of ketones is 1. The first-order chi connectivity index (χ1) is 12.2. The van der Waals surface area contributed by atoms with Gasteiger partial charge in [0.25, 0.3) is 0 Å². The standard InChI is InChI=1S/C17H22N6O2/c1-13(24)14-3-2-4-15(11-14)20-16-12-19-22-17(21-16)18-5-6-23-7-9-25-10-8-23/h2-4,11-12H,5-10H2,1H3,(H2,18,20,21,22). The molecule has 1 aromatic carbocycles. The van der Waals surface area contributed by atoms with E-state index in [-0.39, 0.29) is 5.78 Å². The molecule has 2 heterocycles. The number of rotatable bonds is 7. The van der Waals surface area contributed by atoms with Crippen LogP contribution in [-0.4, -0.2) is 65.3 Å². The monoisotopic (exact) mass is 342 g/mol. The van der Waals surface area contributed by atoms with Gasteiger partial charge < -0.3 is 15.4 Å². The van der Waals surface area contributed by atoms with Crippen molar-refractivity contribution in [2.24, 2.45) is 0 Å². The van der Waals surface area contributed by atoms with Gasteiger partial charge in [-0.15, -0.1) is 5.10 Å². The predicted molar refractivity (Wildman–Crippen MR) is 95.3 cm³/mol. The highest BCUT2D eigenvalue weighted by Crippen LogP contribution is 2.16. The van der Waals surface area contributed by atoms with Crippen LogP contribution >= 0.6 is 0 Å². The summed E-state index contributed by atoms with van der Waals surface area (Å²) in [5.74, 6) is 1.07. The van der Waals surface area contributed by atoms with Crippen LogP contribution in [0.2, 0.25) is 0 Å². The summed E-state index contributed by atoms with van der Waals surface area (Å²) in [4.78, 5) is 18.2. The zero-order chi connectivity index (χ0) is 17.5. The van der Waals surface area contributed by atoms with Crippen molar-refractivity contribution in [1.82, 2.24) is 20.1 Å². The molecule has 0 aliphatic carbocycles. The Morgan fingerprint density at radius 3 is 2.96 bits per heavy atom. The van der Waals surface area contributed by atoms with Crippen LogP contribution in [0.4, 0.5) is 17.5 Å². The fraction of sp³-hybridized carbons (Fsp3) is 0.412. The fourth-order valence-corrected chi connectivity index (χ4v) is 2.55. The first-order valence-corrected chi connectivity index (χ1v) is 8.32. The number of anilines is 3. The van der Waals surface area contributed by atoms with Gasteiger partial charge in [-0.05, 0) is 19.1 Å². The second kappa shape index (κ2) is 8.50. The van der Waals surface area contributed by atoms with Crippen LogP contribution < -0.4 is 10.6 Å². The third-order valence-electron chi connectivity index (χ3n) is 3.92. The van der Waals surface area contributed by atoms with Crippen molar-refractivity contribution in [2.75, 3.05) is 50.0 Å². The van der Waals surface area contributed by atoms with Gasteiger partial charge >= 0.3 is 0 Å². The molecule has 132 valence electrons. The summed E-state index contributed by atoms with van der Waals surface area (Å²) in [6.45, 7) is 6.68. The Kier molecular flexibility index (Phi) is 5.86. The number of hydrogen-bond acceptors (Lipinski definition) is 8. The molecule has 3 rings (SSSR count). The predicted octanol–water partition coefficient (Wildman–Crippen LogP) is 1.56. The molecule has 1 aliphatic heterocycles. The van der Waals surface area contributed by atoms with Gasteiger partial charge in [0.2, 0.25) is 5.95 Å².